The number of hydrogen-bond donors (Lipinski definition) is 1. The summed E-state index contributed by atoms with van der Waals surface area (Å²) in [5.74, 6) is -0.349. The highest BCUT2D eigenvalue weighted by atomic mass is 16.5. The van der Waals surface area contributed by atoms with Gasteiger partial charge in [0.25, 0.3) is 5.91 Å². The Morgan fingerprint density at radius 1 is 1.45 bits per heavy atom. The van der Waals surface area contributed by atoms with Crippen LogP contribution in [0, 0.1) is 0 Å². The zero-order valence-corrected chi connectivity index (χ0v) is 12.4. The molecule has 1 saturated heterocycles. The number of likely N-dealkylation sites (tertiary alicyclic amines) is 1. The van der Waals surface area contributed by atoms with E-state index in [2.05, 4.69) is 15.5 Å². The van der Waals surface area contributed by atoms with Gasteiger partial charge in [0.1, 0.15) is 6.61 Å². The first-order valence-corrected chi connectivity index (χ1v) is 6.91. The van der Waals surface area contributed by atoms with Crippen LogP contribution in [-0.4, -0.2) is 63.9 Å². The quantitative estimate of drug-likeness (QED) is 0.838. The fourth-order valence-electron chi connectivity index (χ4n) is 2.55. The van der Waals surface area contributed by atoms with Crippen molar-refractivity contribution in [2.75, 3.05) is 26.8 Å². The molecule has 0 unspecified atom stereocenters. The van der Waals surface area contributed by atoms with E-state index in [0.29, 0.717) is 18.8 Å². The van der Waals surface area contributed by atoms with Gasteiger partial charge in [-0.25, -0.2) is 0 Å². The molecule has 0 bridgehead atoms. The Morgan fingerprint density at radius 2 is 2.23 bits per heavy atom. The Morgan fingerprint density at radius 3 is 2.91 bits per heavy atom. The molecule has 3 rings (SSSR count). The molecule has 1 aliphatic heterocycles. The molecule has 0 spiro atoms. The third-order valence-corrected chi connectivity index (χ3v) is 3.60. The van der Waals surface area contributed by atoms with E-state index in [1.165, 1.54) is 11.7 Å². The summed E-state index contributed by atoms with van der Waals surface area (Å²) in [6.07, 6.45) is 1.61. The van der Waals surface area contributed by atoms with Crippen LogP contribution in [0.15, 0.2) is 24.4 Å². The number of carbonyl (C=O) groups is 2. The number of ether oxygens (including phenoxy) is 1. The standard InChI is InChI=1S/C14H17N5O3/c1-14(8-18(9-14)12(20)7-22-2)16-13(21)11-6-10-4-3-5-15-19(10)17-11/h3-6H,7-9H2,1-2H3,(H,16,21). The number of amides is 2. The number of hydrogen-bond acceptors (Lipinski definition) is 5. The Hall–Kier alpha value is -2.48. The molecule has 1 aliphatic rings. The highest BCUT2D eigenvalue weighted by Gasteiger charge is 2.42. The van der Waals surface area contributed by atoms with Crippen molar-refractivity contribution < 1.29 is 14.3 Å². The van der Waals surface area contributed by atoms with Gasteiger partial charge in [-0.2, -0.15) is 9.73 Å². The smallest absolute Gasteiger partial charge is 0.272 e. The SMILES string of the molecule is COCC(=O)N1CC(C)(NC(=O)c2cc3cccnn3n2)C1. The summed E-state index contributed by atoms with van der Waals surface area (Å²) in [6, 6.07) is 5.29. The second kappa shape index (κ2) is 5.38. The van der Waals surface area contributed by atoms with E-state index in [-0.39, 0.29) is 18.4 Å². The predicted molar refractivity (Wildman–Crippen MR) is 77.3 cm³/mol. The maximum atomic E-state index is 12.3. The minimum absolute atomic E-state index is 0.0577. The van der Waals surface area contributed by atoms with Crippen LogP contribution in [0.3, 0.4) is 0 Å². The third-order valence-electron chi connectivity index (χ3n) is 3.60. The third kappa shape index (κ3) is 2.64. The van der Waals surface area contributed by atoms with Gasteiger partial charge in [0, 0.05) is 26.4 Å². The highest BCUT2D eigenvalue weighted by molar-refractivity contribution is 5.94. The van der Waals surface area contributed by atoms with Crippen LogP contribution in [0.2, 0.25) is 0 Å². The Balaban J connectivity index is 1.64. The second-order valence-corrected chi connectivity index (χ2v) is 5.67. The normalized spacial score (nSPS) is 16.4. The van der Waals surface area contributed by atoms with Crippen LogP contribution >= 0.6 is 0 Å². The zero-order chi connectivity index (χ0) is 15.7. The maximum absolute atomic E-state index is 12.3. The highest BCUT2D eigenvalue weighted by Crippen LogP contribution is 2.21. The lowest BCUT2D eigenvalue weighted by Gasteiger charge is -2.48. The summed E-state index contributed by atoms with van der Waals surface area (Å²) in [5, 5.41) is 11.1. The van der Waals surface area contributed by atoms with Crippen LogP contribution in [0.1, 0.15) is 17.4 Å². The molecule has 0 saturated carbocycles. The van der Waals surface area contributed by atoms with Crippen LogP contribution in [0.5, 0.6) is 0 Å². The first-order valence-electron chi connectivity index (χ1n) is 6.91. The number of fused-ring (bicyclic) bond motifs is 1. The molecule has 0 aliphatic carbocycles. The zero-order valence-electron chi connectivity index (χ0n) is 12.4. The van der Waals surface area contributed by atoms with Crippen molar-refractivity contribution in [3.8, 4) is 0 Å². The summed E-state index contributed by atoms with van der Waals surface area (Å²) in [4.78, 5) is 25.6. The molecular formula is C14H17N5O3. The van der Waals surface area contributed by atoms with Crippen LogP contribution < -0.4 is 5.32 Å². The van der Waals surface area contributed by atoms with Gasteiger partial charge in [-0.05, 0) is 25.1 Å². The molecule has 8 nitrogen and oxygen atoms in total. The fraction of sp³-hybridized carbons (Fsp3) is 0.429. The monoisotopic (exact) mass is 303 g/mol. The molecule has 0 atom stereocenters. The van der Waals surface area contributed by atoms with Crippen molar-refractivity contribution in [2.24, 2.45) is 0 Å². The van der Waals surface area contributed by atoms with E-state index in [1.54, 1.807) is 23.2 Å². The predicted octanol–water partition coefficient (Wildman–Crippen LogP) is -0.294. The van der Waals surface area contributed by atoms with E-state index < -0.39 is 5.54 Å². The Labute approximate surface area is 127 Å². The fourth-order valence-corrected chi connectivity index (χ4v) is 2.55. The van der Waals surface area contributed by atoms with Crippen molar-refractivity contribution >= 4 is 17.3 Å². The molecule has 8 heteroatoms. The van der Waals surface area contributed by atoms with Gasteiger partial charge in [-0.1, -0.05) is 0 Å². The van der Waals surface area contributed by atoms with Gasteiger partial charge in [-0.15, -0.1) is 5.10 Å². The van der Waals surface area contributed by atoms with E-state index in [0.717, 1.165) is 5.52 Å². The second-order valence-electron chi connectivity index (χ2n) is 5.67. The average Bonchev–Trinajstić information content (AvgIpc) is 2.88. The molecule has 2 aromatic rings. The number of nitrogens with zero attached hydrogens (tertiary/aromatic N) is 4. The van der Waals surface area contributed by atoms with Crippen molar-refractivity contribution in [3.63, 3.8) is 0 Å². The maximum Gasteiger partial charge on any atom is 0.272 e. The minimum Gasteiger partial charge on any atom is -0.375 e. The van der Waals surface area contributed by atoms with Crippen molar-refractivity contribution in [3.05, 3.63) is 30.1 Å². The molecule has 0 radical (unpaired) electrons. The number of nitrogens with one attached hydrogen (secondary N) is 1. The lowest BCUT2D eigenvalue weighted by molar-refractivity contribution is -0.142. The minimum atomic E-state index is -0.441. The molecule has 2 amide bonds. The van der Waals surface area contributed by atoms with Crippen LogP contribution in [-0.2, 0) is 9.53 Å². The summed E-state index contributed by atoms with van der Waals surface area (Å²) < 4.78 is 6.22. The number of methoxy groups -OCH3 is 1. The molecule has 2 aromatic heterocycles. The lowest BCUT2D eigenvalue weighted by atomic mass is 9.92. The first-order chi connectivity index (χ1) is 10.5. The number of aromatic nitrogens is 3. The van der Waals surface area contributed by atoms with Crippen LogP contribution in [0.25, 0.3) is 5.52 Å². The first kappa shape index (κ1) is 14.5. The van der Waals surface area contributed by atoms with Crippen molar-refractivity contribution in [1.82, 2.24) is 25.0 Å². The number of rotatable bonds is 4. The van der Waals surface area contributed by atoms with E-state index in [1.807, 2.05) is 13.0 Å². The summed E-state index contributed by atoms with van der Waals surface area (Å²) >= 11 is 0. The van der Waals surface area contributed by atoms with Gasteiger partial charge in [0.15, 0.2) is 5.69 Å². The van der Waals surface area contributed by atoms with Gasteiger partial charge in [0.05, 0.1) is 11.1 Å². The molecule has 22 heavy (non-hydrogen) atoms. The van der Waals surface area contributed by atoms with E-state index in [9.17, 15) is 9.59 Å². The largest absolute Gasteiger partial charge is 0.375 e. The molecule has 1 fully saturated rings. The Bertz CT molecular complexity index is 687. The summed E-state index contributed by atoms with van der Waals surface area (Å²) in [6.45, 7) is 2.89. The van der Waals surface area contributed by atoms with Gasteiger partial charge in [0.2, 0.25) is 5.91 Å². The number of carbonyl (C=O) groups excluding carboxylic acids is 2. The van der Waals surface area contributed by atoms with Crippen molar-refractivity contribution in [1.29, 1.82) is 0 Å². The molecule has 1 N–H and O–H groups in total. The van der Waals surface area contributed by atoms with E-state index >= 15 is 0 Å². The summed E-state index contributed by atoms with van der Waals surface area (Å²) in [5.41, 5.74) is 0.619. The van der Waals surface area contributed by atoms with Crippen LogP contribution in [0.4, 0.5) is 0 Å². The Kier molecular flexibility index (Phi) is 3.53. The average molecular weight is 303 g/mol. The molecule has 0 aromatic carbocycles. The lowest BCUT2D eigenvalue weighted by Crippen LogP contribution is -2.70. The van der Waals surface area contributed by atoms with Crippen molar-refractivity contribution in [2.45, 2.75) is 12.5 Å². The molecular weight excluding hydrogens is 286 g/mol. The van der Waals surface area contributed by atoms with Gasteiger partial charge >= 0.3 is 0 Å². The molecule has 116 valence electrons. The van der Waals surface area contributed by atoms with E-state index in [4.69, 9.17) is 4.74 Å². The molecule has 3 heterocycles. The van der Waals surface area contributed by atoms with Gasteiger partial charge < -0.3 is 15.0 Å². The summed E-state index contributed by atoms with van der Waals surface area (Å²) in [7, 11) is 1.48. The van der Waals surface area contributed by atoms with Gasteiger partial charge in [-0.3, -0.25) is 9.59 Å². The topological polar surface area (TPSA) is 88.8 Å².